The van der Waals surface area contributed by atoms with Gasteiger partial charge in [-0.15, -0.1) is 0 Å². The molecule has 0 aliphatic carbocycles. The van der Waals surface area contributed by atoms with Crippen LogP contribution >= 0.6 is 11.6 Å². The molecule has 0 spiro atoms. The van der Waals surface area contributed by atoms with E-state index in [2.05, 4.69) is 27.5 Å². The molecule has 0 unspecified atom stereocenters. The number of nitrogens with zero attached hydrogens (tertiary/aromatic N) is 2. The molecule has 112 valence electrons. The van der Waals surface area contributed by atoms with E-state index in [9.17, 15) is 0 Å². The van der Waals surface area contributed by atoms with Crippen molar-refractivity contribution < 1.29 is 0 Å². The first-order valence-corrected chi connectivity index (χ1v) is 7.71. The van der Waals surface area contributed by atoms with Crippen LogP contribution in [0.15, 0.2) is 36.5 Å². The van der Waals surface area contributed by atoms with E-state index < -0.39 is 0 Å². The summed E-state index contributed by atoms with van der Waals surface area (Å²) in [7, 11) is 0. The van der Waals surface area contributed by atoms with E-state index in [0.29, 0.717) is 12.5 Å². The standard InChI is InChI=1S/C16H21ClN4/c1-2-3-6-10-18-15-9-11-19-16(21-15)20-12-13-7-4-5-8-14(13)17/h4-5,7-9,11H,2-3,6,10,12H2,1H3,(H2,18,19,20,21). The Morgan fingerprint density at radius 1 is 1.10 bits per heavy atom. The minimum atomic E-state index is 0.607. The average molecular weight is 305 g/mol. The smallest absolute Gasteiger partial charge is 0.224 e. The number of hydrogen-bond donors (Lipinski definition) is 2. The second kappa shape index (κ2) is 8.47. The van der Waals surface area contributed by atoms with Crippen LogP contribution in [0.2, 0.25) is 5.02 Å². The first-order valence-electron chi connectivity index (χ1n) is 7.34. The van der Waals surface area contributed by atoms with Crippen molar-refractivity contribution >= 4 is 23.4 Å². The second-order valence-corrected chi connectivity index (χ2v) is 5.25. The highest BCUT2D eigenvalue weighted by Gasteiger charge is 2.01. The molecule has 0 aliphatic rings. The van der Waals surface area contributed by atoms with Gasteiger partial charge in [-0.25, -0.2) is 4.98 Å². The van der Waals surface area contributed by atoms with E-state index in [-0.39, 0.29) is 0 Å². The van der Waals surface area contributed by atoms with Gasteiger partial charge in [0, 0.05) is 24.3 Å². The molecule has 2 rings (SSSR count). The van der Waals surface area contributed by atoms with Crippen LogP contribution in [0.25, 0.3) is 0 Å². The van der Waals surface area contributed by atoms with Gasteiger partial charge in [-0.05, 0) is 24.1 Å². The molecule has 0 fully saturated rings. The molecule has 0 radical (unpaired) electrons. The van der Waals surface area contributed by atoms with Gasteiger partial charge in [0.05, 0.1) is 0 Å². The third kappa shape index (κ3) is 5.23. The number of aromatic nitrogens is 2. The molecule has 1 aromatic heterocycles. The van der Waals surface area contributed by atoms with E-state index >= 15 is 0 Å². The van der Waals surface area contributed by atoms with Gasteiger partial charge in [-0.3, -0.25) is 0 Å². The molecule has 1 heterocycles. The topological polar surface area (TPSA) is 49.8 Å². The Morgan fingerprint density at radius 3 is 2.76 bits per heavy atom. The quantitative estimate of drug-likeness (QED) is 0.712. The minimum absolute atomic E-state index is 0.607. The number of hydrogen-bond acceptors (Lipinski definition) is 4. The summed E-state index contributed by atoms with van der Waals surface area (Å²) in [6.45, 7) is 3.75. The van der Waals surface area contributed by atoms with Gasteiger partial charge in [0.2, 0.25) is 5.95 Å². The maximum atomic E-state index is 6.13. The van der Waals surface area contributed by atoms with Gasteiger partial charge in [0.1, 0.15) is 5.82 Å². The summed E-state index contributed by atoms with van der Waals surface area (Å²) in [4.78, 5) is 8.66. The van der Waals surface area contributed by atoms with Crippen LogP contribution in [0.3, 0.4) is 0 Å². The molecular weight excluding hydrogens is 284 g/mol. The van der Waals surface area contributed by atoms with Gasteiger partial charge in [-0.2, -0.15) is 4.98 Å². The predicted octanol–water partition coefficient (Wildman–Crippen LogP) is 4.34. The normalized spacial score (nSPS) is 10.4. The van der Waals surface area contributed by atoms with E-state index in [1.807, 2.05) is 30.3 Å². The van der Waals surface area contributed by atoms with E-state index in [1.54, 1.807) is 6.20 Å². The number of benzene rings is 1. The van der Waals surface area contributed by atoms with Crippen molar-refractivity contribution in [2.24, 2.45) is 0 Å². The molecule has 5 heteroatoms. The third-order valence-electron chi connectivity index (χ3n) is 3.14. The fourth-order valence-electron chi connectivity index (χ4n) is 1.95. The molecule has 0 saturated heterocycles. The third-order valence-corrected chi connectivity index (χ3v) is 3.51. The fraction of sp³-hybridized carbons (Fsp3) is 0.375. The van der Waals surface area contributed by atoms with Gasteiger partial charge in [0.15, 0.2) is 0 Å². The number of nitrogens with one attached hydrogen (secondary N) is 2. The largest absolute Gasteiger partial charge is 0.370 e. The highest BCUT2D eigenvalue weighted by molar-refractivity contribution is 6.31. The number of unbranched alkanes of at least 4 members (excludes halogenated alkanes) is 2. The average Bonchev–Trinajstić information content (AvgIpc) is 2.51. The van der Waals surface area contributed by atoms with Crippen molar-refractivity contribution in [2.45, 2.75) is 32.7 Å². The first-order chi connectivity index (χ1) is 10.3. The van der Waals surface area contributed by atoms with Crippen LogP contribution in [-0.4, -0.2) is 16.5 Å². The molecule has 0 bridgehead atoms. The van der Waals surface area contributed by atoms with Crippen LogP contribution in [0.1, 0.15) is 31.7 Å². The Kier molecular flexibility index (Phi) is 6.28. The highest BCUT2D eigenvalue weighted by atomic mass is 35.5. The fourth-order valence-corrected chi connectivity index (χ4v) is 2.15. The van der Waals surface area contributed by atoms with Gasteiger partial charge >= 0.3 is 0 Å². The summed E-state index contributed by atoms with van der Waals surface area (Å²) >= 11 is 6.13. The number of anilines is 2. The van der Waals surface area contributed by atoms with E-state index in [4.69, 9.17) is 11.6 Å². The maximum Gasteiger partial charge on any atom is 0.224 e. The predicted molar refractivity (Wildman–Crippen MR) is 88.8 cm³/mol. The van der Waals surface area contributed by atoms with Crippen LogP contribution < -0.4 is 10.6 Å². The molecular formula is C16H21ClN4. The monoisotopic (exact) mass is 304 g/mol. The van der Waals surface area contributed by atoms with Gasteiger partial charge in [0.25, 0.3) is 0 Å². The lowest BCUT2D eigenvalue weighted by atomic mass is 10.2. The lowest BCUT2D eigenvalue weighted by molar-refractivity contribution is 0.742. The Hall–Kier alpha value is -1.81. The first kappa shape index (κ1) is 15.6. The summed E-state index contributed by atoms with van der Waals surface area (Å²) < 4.78 is 0. The lowest BCUT2D eigenvalue weighted by Crippen LogP contribution is -2.07. The molecule has 2 N–H and O–H groups in total. The molecule has 0 amide bonds. The van der Waals surface area contributed by atoms with Crippen molar-refractivity contribution in [3.05, 3.63) is 47.1 Å². The summed E-state index contributed by atoms with van der Waals surface area (Å²) in [5, 5.41) is 7.26. The zero-order chi connectivity index (χ0) is 14.9. The van der Waals surface area contributed by atoms with E-state index in [0.717, 1.165) is 29.4 Å². The Bertz CT molecular complexity index is 559. The molecule has 2 aromatic rings. The van der Waals surface area contributed by atoms with E-state index in [1.165, 1.54) is 12.8 Å². The van der Waals surface area contributed by atoms with Gasteiger partial charge < -0.3 is 10.6 Å². The molecule has 4 nitrogen and oxygen atoms in total. The zero-order valence-electron chi connectivity index (χ0n) is 12.3. The Morgan fingerprint density at radius 2 is 1.95 bits per heavy atom. The SMILES string of the molecule is CCCCCNc1ccnc(NCc2ccccc2Cl)n1. The second-order valence-electron chi connectivity index (χ2n) is 4.84. The van der Waals surface area contributed by atoms with Crippen molar-refractivity contribution in [2.75, 3.05) is 17.2 Å². The molecule has 0 saturated carbocycles. The van der Waals surface area contributed by atoms with Crippen LogP contribution in [0, 0.1) is 0 Å². The number of rotatable bonds is 8. The summed E-state index contributed by atoms with van der Waals surface area (Å²) in [6, 6.07) is 9.64. The molecule has 21 heavy (non-hydrogen) atoms. The van der Waals surface area contributed by atoms with Gasteiger partial charge in [-0.1, -0.05) is 49.6 Å². The van der Waals surface area contributed by atoms with Crippen LogP contribution in [-0.2, 0) is 6.54 Å². The van der Waals surface area contributed by atoms with Crippen molar-refractivity contribution in [1.82, 2.24) is 9.97 Å². The van der Waals surface area contributed by atoms with Crippen LogP contribution in [0.5, 0.6) is 0 Å². The summed E-state index contributed by atoms with van der Waals surface area (Å²) in [6.07, 6.45) is 5.36. The minimum Gasteiger partial charge on any atom is -0.370 e. The molecule has 0 atom stereocenters. The van der Waals surface area contributed by atoms with Crippen LogP contribution in [0.4, 0.5) is 11.8 Å². The van der Waals surface area contributed by atoms with Crippen molar-refractivity contribution in [1.29, 1.82) is 0 Å². The molecule has 0 aliphatic heterocycles. The highest BCUT2D eigenvalue weighted by Crippen LogP contribution is 2.16. The maximum absolute atomic E-state index is 6.13. The number of halogens is 1. The van der Waals surface area contributed by atoms with Crippen molar-refractivity contribution in [3.63, 3.8) is 0 Å². The molecule has 1 aromatic carbocycles. The summed E-state index contributed by atoms with van der Waals surface area (Å²) in [5.74, 6) is 1.46. The lowest BCUT2D eigenvalue weighted by Gasteiger charge is -2.09. The zero-order valence-corrected chi connectivity index (χ0v) is 13.0. The summed E-state index contributed by atoms with van der Waals surface area (Å²) in [5.41, 5.74) is 1.03. The Labute approximate surface area is 131 Å². The Balaban J connectivity index is 1.87. The van der Waals surface area contributed by atoms with Crippen molar-refractivity contribution in [3.8, 4) is 0 Å².